The Hall–Kier alpha value is -6.36. The molecule has 0 amide bonds. The normalized spacial score (nSPS) is 23.9. The van der Waals surface area contributed by atoms with Gasteiger partial charge in [0.05, 0.1) is 95.2 Å². The Bertz CT molecular complexity index is 4170. The average molecular weight is 1730 g/mol. The molecule has 0 aliphatic carbocycles. The van der Waals surface area contributed by atoms with E-state index in [1.54, 1.807) is 89.0 Å². The van der Waals surface area contributed by atoms with Crippen LogP contribution < -0.4 is 42.0 Å². The van der Waals surface area contributed by atoms with Crippen molar-refractivity contribution in [2.45, 2.75) is 192 Å². The standard InChI is InChI=1S/C17H17NOS.C17H33NOS.C12H12N2OS.C12H15NO2S.C11H11F2NOS.C11H13NO2S.C11H15NOS/c1-12(19)16-11-20-17(18-16)15-9-7-14(8-10-15)13-5-3-2-4-6-13;1-3-4-5-6-7-8-9-10-11-12-13-17-18-16(14-20-17)15(2)19;1-8(15)11-7-16-12(14-11)9-3-5-10(13-2)6-4-9;1-8(14)11-7-16-12(13-11)9-3-5-10(15-2)6-4-9;1-6(15)10-5-16-11(14-10)7-2-8(12)4-9(13)3-7;1-14-11(13)9-7-15-10(12-9)8-5-3-2-4-6-8;1-13-7-10-8-14-11(12-10)9-5-3-2-4-6-9/h2-10,16-18H,11H2,1H3;16-18H,3-14H2,1-2H3;3-6,11-12,14H,7H2,1H3;3-6,11-13H,7H2,1-2H3;2-4,10-11,14H,5H2,1H3;2-6,9-10,12H,7H2,1H3;2-6,10-12H,7-8H2,1H3/t2*16-,17?;2*11-,12?;10-,11?;;/m00000../s1. The fourth-order valence-corrected chi connectivity index (χ4v) is 22.4. The maximum Gasteiger partial charge on any atom is 0.323 e. The van der Waals surface area contributed by atoms with Crippen molar-refractivity contribution in [3.05, 3.63) is 238 Å². The van der Waals surface area contributed by atoms with Crippen LogP contribution in [0.4, 0.5) is 14.5 Å². The molecule has 7 fully saturated rings. The molecule has 26 heteroatoms. The number of unbranched alkanes of at least 4 members (excludes halogenated alkanes) is 9. The minimum atomic E-state index is -0.594. The van der Waals surface area contributed by atoms with Crippen molar-refractivity contribution in [2.75, 3.05) is 68.2 Å². The molecule has 7 aromatic carbocycles. The van der Waals surface area contributed by atoms with E-state index in [0.29, 0.717) is 39.6 Å². The maximum absolute atomic E-state index is 13.0. The molecule has 0 bridgehead atoms. The van der Waals surface area contributed by atoms with Gasteiger partial charge < -0.3 is 14.2 Å². The van der Waals surface area contributed by atoms with Crippen LogP contribution in [0.2, 0.25) is 0 Å². The van der Waals surface area contributed by atoms with E-state index in [4.69, 9.17) is 20.8 Å². The van der Waals surface area contributed by atoms with Gasteiger partial charge in [0.25, 0.3) is 0 Å². The summed E-state index contributed by atoms with van der Waals surface area (Å²) in [5.41, 5.74) is 9.74. The number of thioether (sulfide) groups is 7. The van der Waals surface area contributed by atoms with E-state index in [0.717, 1.165) is 58.5 Å². The Morgan fingerprint density at radius 3 is 1.12 bits per heavy atom. The SMILES string of the molecule is CC(=O)[C@@H]1CSC(c2cc(F)cc(F)c2)N1.CC(=O)[C@@H]1CSC(c2ccc(-c3ccccc3)cc2)N1.CCCCCCCCCCCCC1N[C@H](C(C)=O)CS1.COC(=O)C1CSC(c2ccccc2)N1.COCC1CSC(c2ccccc2)N1.COc1ccc(C2N[C@H](C(C)=O)CS2)cc1.[C-]#[N+]c1ccc(C2N[C@H](C(C)=O)CS2)cc1. The minimum Gasteiger partial charge on any atom is -0.497 e. The number of hydrogen-bond donors (Lipinski definition) is 7. The van der Waals surface area contributed by atoms with Gasteiger partial charge in [0, 0.05) is 59.5 Å². The highest BCUT2D eigenvalue weighted by Crippen LogP contribution is 2.39. The van der Waals surface area contributed by atoms with E-state index in [9.17, 15) is 37.5 Å². The third kappa shape index (κ3) is 33.2. The van der Waals surface area contributed by atoms with E-state index >= 15 is 0 Å². The molecule has 14 rings (SSSR count). The number of nitrogens with zero attached hydrogens (tertiary/aromatic N) is 1. The number of carbonyl (C=O) groups is 6. The lowest BCUT2D eigenvalue weighted by Crippen LogP contribution is -2.35. The predicted molar refractivity (Wildman–Crippen MR) is 486 cm³/mol. The lowest BCUT2D eigenvalue weighted by atomic mass is 10.0. The lowest BCUT2D eigenvalue weighted by molar-refractivity contribution is -0.142. The van der Waals surface area contributed by atoms with Gasteiger partial charge in [-0.05, 0) is 110 Å². The lowest BCUT2D eigenvalue weighted by Gasteiger charge is -2.12. The zero-order chi connectivity index (χ0) is 83.9. The van der Waals surface area contributed by atoms with Crippen molar-refractivity contribution in [3.8, 4) is 16.9 Å². The van der Waals surface area contributed by atoms with E-state index in [1.807, 2.05) is 96.3 Å². The smallest absolute Gasteiger partial charge is 0.323 e. The second-order valence-electron chi connectivity index (χ2n) is 29.3. The number of methoxy groups -OCH3 is 3. The third-order valence-electron chi connectivity index (χ3n) is 20.2. The van der Waals surface area contributed by atoms with Gasteiger partial charge in [0.1, 0.15) is 52.3 Å². The molecule has 7 aliphatic rings. The summed E-state index contributed by atoms with van der Waals surface area (Å²) in [6, 6.07) is 58.7. The van der Waals surface area contributed by atoms with Gasteiger partial charge in [-0.25, -0.2) is 13.6 Å². The van der Waals surface area contributed by atoms with Crippen molar-refractivity contribution < 1.29 is 51.8 Å². The van der Waals surface area contributed by atoms with Gasteiger partial charge in [0.2, 0.25) is 0 Å². The number of nitrogens with one attached hydrogen (secondary N) is 7. The number of halogens is 2. The van der Waals surface area contributed by atoms with Gasteiger partial charge >= 0.3 is 5.97 Å². The first-order valence-corrected chi connectivity index (χ1v) is 47.5. The summed E-state index contributed by atoms with van der Waals surface area (Å²) < 4.78 is 40.9. The summed E-state index contributed by atoms with van der Waals surface area (Å²) in [5.74, 6) is 6.50. The predicted octanol–water partition coefficient (Wildman–Crippen LogP) is 18.9. The molecule has 7 aliphatic heterocycles. The maximum atomic E-state index is 13.0. The van der Waals surface area contributed by atoms with Crippen molar-refractivity contribution in [1.82, 2.24) is 37.2 Å². The highest BCUT2D eigenvalue weighted by Gasteiger charge is 2.34. The number of Topliss-reactive ketones (excluding diaryl/α,β-unsaturated/α-hetero) is 5. The first kappa shape index (κ1) is 96.1. The van der Waals surface area contributed by atoms with Crippen LogP contribution in [0.3, 0.4) is 0 Å². The first-order valence-electron chi connectivity index (χ1n) is 40.2. The second kappa shape index (κ2) is 52.7. The molecule has 7 N–H and O–H groups in total. The molecule has 0 aromatic heterocycles. The van der Waals surface area contributed by atoms with Crippen molar-refractivity contribution in [2.24, 2.45) is 0 Å². The highest BCUT2D eigenvalue weighted by molar-refractivity contribution is 8.01. The molecule has 0 saturated carbocycles. The van der Waals surface area contributed by atoms with Crippen LogP contribution in [-0.4, -0.2) is 151 Å². The molecular formula is C91H116F2N8O9S7. The Balaban J connectivity index is 0.000000171. The Morgan fingerprint density at radius 2 is 0.726 bits per heavy atom. The quantitative estimate of drug-likeness (QED) is 0.0145. The zero-order valence-corrected chi connectivity index (χ0v) is 74.3. The molecule has 117 heavy (non-hydrogen) atoms. The number of rotatable bonds is 27. The summed E-state index contributed by atoms with van der Waals surface area (Å²) in [4.78, 5) is 70.9. The minimum absolute atomic E-state index is 0.00111. The van der Waals surface area contributed by atoms with Gasteiger partial charge in [-0.1, -0.05) is 223 Å². The van der Waals surface area contributed by atoms with Crippen molar-refractivity contribution in [1.29, 1.82) is 0 Å². The Labute approximate surface area is 722 Å². The Morgan fingerprint density at radius 1 is 0.385 bits per heavy atom. The van der Waals surface area contributed by atoms with Crippen LogP contribution in [0.1, 0.15) is 178 Å². The summed E-state index contributed by atoms with van der Waals surface area (Å²) in [7, 11) is 4.83. The average Bonchev–Trinajstić information content (AvgIpc) is 1.79. The highest BCUT2D eigenvalue weighted by atomic mass is 32.2. The van der Waals surface area contributed by atoms with Crippen LogP contribution in [0.5, 0.6) is 5.75 Å². The van der Waals surface area contributed by atoms with Crippen LogP contribution in [-0.2, 0) is 38.2 Å². The van der Waals surface area contributed by atoms with Crippen molar-refractivity contribution >= 4 is 123 Å². The molecule has 14 atom stereocenters. The molecule has 630 valence electrons. The van der Waals surface area contributed by atoms with Crippen LogP contribution in [0.25, 0.3) is 16.0 Å². The second-order valence-corrected chi connectivity index (χ2v) is 37.3. The van der Waals surface area contributed by atoms with Crippen LogP contribution in [0, 0.1) is 18.2 Å². The molecule has 0 radical (unpaired) electrons. The van der Waals surface area contributed by atoms with E-state index in [2.05, 4.69) is 140 Å². The number of hydrogen-bond acceptors (Lipinski definition) is 23. The molecular weight excluding hydrogens is 1610 g/mol. The first-order chi connectivity index (χ1) is 56.6. The summed E-state index contributed by atoms with van der Waals surface area (Å²) >= 11 is 12.4. The number of benzene rings is 7. The van der Waals surface area contributed by atoms with E-state index in [-0.39, 0.29) is 92.2 Å². The molecule has 17 nitrogen and oxygen atoms in total. The molecule has 7 heterocycles. The van der Waals surface area contributed by atoms with E-state index in [1.165, 1.54) is 142 Å². The summed E-state index contributed by atoms with van der Waals surface area (Å²) in [5, 5.41) is 24.8. The largest absolute Gasteiger partial charge is 0.497 e. The Kier molecular flexibility index (Phi) is 43.3. The molecule has 0 spiro atoms. The van der Waals surface area contributed by atoms with Gasteiger partial charge in [0.15, 0.2) is 5.69 Å². The van der Waals surface area contributed by atoms with E-state index < -0.39 is 11.6 Å². The third-order valence-corrected chi connectivity index (χ3v) is 29.2. The van der Waals surface area contributed by atoms with Gasteiger partial charge in [-0.2, -0.15) is 0 Å². The van der Waals surface area contributed by atoms with Gasteiger partial charge in [-0.15, -0.1) is 82.3 Å². The number of ketones is 5. The number of carbonyl (C=O) groups excluding carboxylic acids is 6. The van der Waals surface area contributed by atoms with Crippen molar-refractivity contribution in [3.63, 3.8) is 0 Å². The molecule has 9 unspecified atom stereocenters. The van der Waals surface area contributed by atoms with Crippen LogP contribution in [0.15, 0.2) is 182 Å². The fraction of sp³-hybridized carbons (Fsp3) is 0.462. The summed E-state index contributed by atoms with van der Waals surface area (Å²) in [6.45, 7) is 18.0. The fourth-order valence-electron chi connectivity index (χ4n) is 13.3. The van der Waals surface area contributed by atoms with Crippen LogP contribution >= 0.6 is 82.3 Å². The monoisotopic (exact) mass is 1730 g/mol. The zero-order valence-electron chi connectivity index (χ0n) is 68.6. The number of ether oxygens (including phenoxy) is 3. The molecule has 7 saturated heterocycles. The number of esters is 1. The molecule has 7 aromatic rings. The topological polar surface area (TPSA) is 219 Å². The van der Waals surface area contributed by atoms with Gasteiger partial charge in [-0.3, -0.25) is 66.0 Å². The summed E-state index contributed by atoms with van der Waals surface area (Å²) in [6.07, 6.45) is 15.2.